The molecule has 37 heavy (non-hydrogen) atoms. The molecule has 4 aromatic rings. The second-order valence-corrected chi connectivity index (χ2v) is 9.58. The SMILES string of the molecule is CC(F)(F)CCCc1nc(-c2nc(N)c3c(n2)NC(=O)C3(c2ccc(F)cn2)C2CC2)cn2ncnc12. The molecule has 0 saturated heterocycles. The zero-order valence-corrected chi connectivity index (χ0v) is 19.7. The van der Waals surface area contributed by atoms with Crippen LogP contribution in [0.15, 0.2) is 30.9 Å². The summed E-state index contributed by atoms with van der Waals surface area (Å²) in [6.07, 6.45) is 5.68. The van der Waals surface area contributed by atoms with Crippen molar-refractivity contribution in [3.63, 3.8) is 0 Å². The quantitative estimate of drug-likeness (QED) is 0.387. The third kappa shape index (κ3) is 3.85. The van der Waals surface area contributed by atoms with Crippen molar-refractivity contribution in [2.45, 2.75) is 50.4 Å². The van der Waals surface area contributed by atoms with Gasteiger partial charge in [0.15, 0.2) is 11.5 Å². The lowest BCUT2D eigenvalue weighted by Crippen LogP contribution is -2.39. The summed E-state index contributed by atoms with van der Waals surface area (Å²) in [4.78, 5) is 35.5. The first-order valence-electron chi connectivity index (χ1n) is 11.9. The molecule has 1 aliphatic carbocycles. The Morgan fingerprint density at radius 2 is 2.03 bits per heavy atom. The van der Waals surface area contributed by atoms with Crippen molar-refractivity contribution < 1.29 is 18.0 Å². The van der Waals surface area contributed by atoms with E-state index >= 15 is 0 Å². The topological polar surface area (TPSA) is 137 Å². The molecule has 190 valence electrons. The van der Waals surface area contributed by atoms with Gasteiger partial charge in [-0.25, -0.2) is 37.6 Å². The van der Waals surface area contributed by atoms with E-state index in [1.54, 1.807) is 6.20 Å². The number of anilines is 2. The molecule has 6 rings (SSSR count). The summed E-state index contributed by atoms with van der Waals surface area (Å²) in [5.74, 6) is -3.28. The number of carbonyl (C=O) groups is 1. The molecule has 0 aromatic carbocycles. The van der Waals surface area contributed by atoms with Gasteiger partial charge in [0, 0.05) is 6.42 Å². The third-order valence-electron chi connectivity index (χ3n) is 6.83. The number of aryl methyl sites for hydroxylation is 1. The first-order valence-corrected chi connectivity index (χ1v) is 11.9. The van der Waals surface area contributed by atoms with Crippen molar-refractivity contribution in [3.05, 3.63) is 53.6 Å². The lowest BCUT2D eigenvalue weighted by atomic mass is 9.74. The number of carbonyl (C=O) groups excluding carboxylic acids is 1. The standard InChI is InChI=1S/C24H22F3N9O/c1-23(26,27)8-2-3-14-21-30-11-31-36(21)10-15(32-14)19-33-18(28)17-20(34-19)35-22(37)24(17,12-4-5-12)16-7-6-13(25)9-29-16/h6-7,9-12H,2-5,8H2,1H3,(H3,28,33,34,35,37). The predicted octanol–water partition coefficient (Wildman–Crippen LogP) is 3.32. The van der Waals surface area contributed by atoms with Crippen molar-refractivity contribution in [1.29, 1.82) is 0 Å². The number of hydrogen-bond donors (Lipinski definition) is 2. The van der Waals surface area contributed by atoms with E-state index in [-0.39, 0.29) is 48.5 Å². The van der Waals surface area contributed by atoms with Crippen LogP contribution in [-0.4, -0.2) is 46.4 Å². The van der Waals surface area contributed by atoms with Crippen molar-refractivity contribution in [1.82, 2.24) is 34.5 Å². The minimum atomic E-state index is -2.79. The molecule has 1 aliphatic heterocycles. The van der Waals surface area contributed by atoms with Crippen LogP contribution in [-0.2, 0) is 16.6 Å². The van der Waals surface area contributed by atoms with Crippen LogP contribution in [0.25, 0.3) is 17.2 Å². The molecular weight excluding hydrogens is 487 g/mol. The number of aromatic nitrogens is 7. The summed E-state index contributed by atoms with van der Waals surface area (Å²) in [5, 5.41) is 6.97. The van der Waals surface area contributed by atoms with Gasteiger partial charge in [-0.3, -0.25) is 9.78 Å². The van der Waals surface area contributed by atoms with Gasteiger partial charge in [0.05, 0.1) is 29.3 Å². The summed E-state index contributed by atoms with van der Waals surface area (Å²) >= 11 is 0. The van der Waals surface area contributed by atoms with Crippen molar-refractivity contribution in [3.8, 4) is 11.5 Å². The predicted molar refractivity (Wildman–Crippen MR) is 126 cm³/mol. The van der Waals surface area contributed by atoms with Gasteiger partial charge in [0.1, 0.15) is 34.9 Å². The number of nitrogens with one attached hydrogen (secondary N) is 1. The van der Waals surface area contributed by atoms with Crippen LogP contribution in [0.5, 0.6) is 0 Å². The highest BCUT2D eigenvalue weighted by Crippen LogP contribution is 2.57. The van der Waals surface area contributed by atoms with Gasteiger partial charge in [-0.1, -0.05) is 0 Å². The number of amides is 1. The molecule has 1 fully saturated rings. The Hall–Kier alpha value is -4.16. The summed E-state index contributed by atoms with van der Waals surface area (Å²) in [6.45, 7) is 0.877. The fourth-order valence-corrected chi connectivity index (χ4v) is 5.09. The number of fused-ring (bicyclic) bond motifs is 2. The van der Waals surface area contributed by atoms with E-state index in [4.69, 9.17) is 5.73 Å². The number of halogens is 3. The highest BCUT2D eigenvalue weighted by Gasteiger charge is 2.60. The Bertz CT molecular complexity index is 1530. The van der Waals surface area contributed by atoms with Gasteiger partial charge < -0.3 is 11.1 Å². The molecule has 1 saturated carbocycles. The first-order chi connectivity index (χ1) is 17.7. The lowest BCUT2D eigenvalue weighted by Gasteiger charge is -2.27. The van der Waals surface area contributed by atoms with E-state index in [0.29, 0.717) is 28.3 Å². The van der Waals surface area contributed by atoms with Crippen LogP contribution >= 0.6 is 0 Å². The summed E-state index contributed by atoms with van der Waals surface area (Å²) < 4.78 is 41.8. The van der Waals surface area contributed by atoms with Crippen LogP contribution in [0.3, 0.4) is 0 Å². The lowest BCUT2D eigenvalue weighted by molar-refractivity contribution is -0.120. The number of pyridine rings is 1. The fourth-order valence-electron chi connectivity index (χ4n) is 5.09. The van der Waals surface area contributed by atoms with E-state index in [9.17, 15) is 18.0 Å². The van der Waals surface area contributed by atoms with E-state index in [1.807, 2.05) is 0 Å². The molecule has 1 unspecified atom stereocenters. The number of rotatable bonds is 7. The maximum atomic E-state index is 13.6. The average molecular weight is 509 g/mol. The normalized spacial score (nSPS) is 19.3. The Labute approximate surface area is 208 Å². The number of hydrogen-bond acceptors (Lipinski definition) is 8. The van der Waals surface area contributed by atoms with Gasteiger partial charge in [0.2, 0.25) is 11.8 Å². The summed E-state index contributed by atoms with van der Waals surface area (Å²) in [5.41, 5.74) is 7.23. The van der Waals surface area contributed by atoms with Crippen LogP contribution in [0.1, 0.15) is 49.6 Å². The maximum absolute atomic E-state index is 13.6. The van der Waals surface area contributed by atoms with E-state index in [1.165, 1.54) is 23.0 Å². The van der Waals surface area contributed by atoms with Crippen LogP contribution in [0, 0.1) is 11.7 Å². The Balaban J connectivity index is 1.43. The largest absolute Gasteiger partial charge is 0.383 e. The Morgan fingerprint density at radius 1 is 1.22 bits per heavy atom. The number of nitrogens with zero attached hydrogens (tertiary/aromatic N) is 7. The Kier molecular flexibility index (Phi) is 5.14. The van der Waals surface area contributed by atoms with E-state index < -0.39 is 17.2 Å². The van der Waals surface area contributed by atoms with Crippen molar-refractivity contribution >= 4 is 23.2 Å². The molecule has 4 aromatic heterocycles. The van der Waals surface area contributed by atoms with Gasteiger partial charge in [0.25, 0.3) is 0 Å². The zero-order chi connectivity index (χ0) is 25.9. The molecule has 13 heteroatoms. The summed E-state index contributed by atoms with van der Waals surface area (Å²) in [6, 6.07) is 2.75. The van der Waals surface area contributed by atoms with Crippen LogP contribution < -0.4 is 11.1 Å². The molecule has 0 radical (unpaired) electrons. The second kappa shape index (κ2) is 8.18. The number of nitrogens with two attached hydrogens (primary N) is 1. The fraction of sp³-hybridized carbons (Fsp3) is 0.375. The molecule has 10 nitrogen and oxygen atoms in total. The second-order valence-electron chi connectivity index (χ2n) is 9.58. The molecule has 1 amide bonds. The van der Waals surface area contributed by atoms with Gasteiger partial charge in [-0.2, -0.15) is 5.10 Å². The molecule has 5 heterocycles. The van der Waals surface area contributed by atoms with Crippen LogP contribution in [0.2, 0.25) is 0 Å². The Morgan fingerprint density at radius 3 is 2.73 bits per heavy atom. The van der Waals surface area contributed by atoms with E-state index in [0.717, 1.165) is 26.0 Å². The first kappa shape index (κ1) is 23.3. The molecule has 0 bridgehead atoms. The maximum Gasteiger partial charge on any atom is 0.245 e. The molecule has 1 atom stereocenters. The zero-order valence-electron chi connectivity index (χ0n) is 19.7. The minimum Gasteiger partial charge on any atom is -0.383 e. The highest BCUT2D eigenvalue weighted by molar-refractivity contribution is 6.09. The molecule has 2 aliphatic rings. The molecular formula is C24H22F3N9O. The van der Waals surface area contributed by atoms with Crippen molar-refractivity contribution in [2.75, 3.05) is 11.1 Å². The third-order valence-corrected chi connectivity index (χ3v) is 6.83. The summed E-state index contributed by atoms with van der Waals surface area (Å²) in [7, 11) is 0. The van der Waals surface area contributed by atoms with E-state index in [2.05, 4.69) is 35.3 Å². The molecule has 3 N–H and O–H groups in total. The monoisotopic (exact) mass is 509 g/mol. The smallest absolute Gasteiger partial charge is 0.245 e. The number of alkyl halides is 2. The van der Waals surface area contributed by atoms with Gasteiger partial charge in [-0.15, -0.1) is 0 Å². The number of nitrogen functional groups attached to an aromatic ring is 1. The van der Waals surface area contributed by atoms with Crippen LogP contribution in [0.4, 0.5) is 24.8 Å². The van der Waals surface area contributed by atoms with Gasteiger partial charge >= 0.3 is 0 Å². The average Bonchev–Trinajstić information content (AvgIpc) is 3.49. The van der Waals surface area contributed by atoms with Crippen molar-refractivity contribution in [2.24, 2.45) is 5.92 Å². The molecule has 0 spiro atoms. The highest BCUT2D eigenvalue weighted by atomic mass is 19.3. The van der Waals surface area contributed by atoms with Gasteiger partial charge in [-0.05, 0) is 50.7 Å². The minimum absolute atomic E-state index is 0.0728.